The van der Waals surface area contributed by atoms with E-state index in [0.29, 0.717) is 0 Å². The highest BCUT2D eigenvalue weighted by molar-refractivity contribution is 7.99. The topological polar surface area (TPSA) is 4.93 Å². The second kappa shape index (κ2) is 9.84. The Kier molecular flexibility index (Phi) is 5.56. The summed E-state index contributed by atoms with van der Waals surface area (Å²) in [7, 11) is 0. The number of aromatic nitrogens is 1. The van der Waals surface area contributed by atoms with Crippen molar-refractivity contribution in [1.29, 1.82) is 0 Å². The van der Waals surface area contributed by atoms with Crippen LogP contribution in [-0.4, -0.2) is 4.57 Å². The van der Waals surface area contributed by atoms with E-state index in [1.54, 1.807) is 0 Å². The monoisotopic (exact) mass is 603 g/mol. The Labute approximate surface area is 272 Å². The average molecular weight is 604 g/mol. The van der Waals surface area contributed by atoms with Gasteiger partial charge < -0.3 is 4.57 Å². The van der Waals surface area contributed by atoms with Crippen LogP contribution in [0.3, 0.4) is 0 Å². The van der Waals surface area contributed by atoms with E-state index in [0.717, 1.165) is 6.42 Å². The van der Waals surface area contributed by atoms with Gasteiger partial charge in [0, 0.05) is 20.6 Å². The lowest BCUT2D eigenvalue weighted by Crippen LogP contribution is -2.37. The Hall–Kier alpha value is -5.31. The Morgan fingerprint density at radius 1 is 0.457 bits per heavy atom. The van der Waals surface area contributed by atoms with Crippen LogP contribution in [0.1, 0.15) is 33.4 Å². The molecule has 1 aromatic heterocycles. The fourth-order valence-electron chi connectivity index (χ4n) is 8.16. The molecule has 0 amide bonds. The standard InChI is InChI=1S/C44H29NS/c1-2-11-31(12-3-1)32-24-21-29(22-25-32)27-30-23-26-42-38(28-30)44(36-16-6-9-20-41(36)46-42)35-15-5-8-19-40(35)45-39-18-7-4-13-33(39)34-14-10-17-37(44)43(34)45/h1-26,28H,27H2. The van der Waals surface area contributed by atoms with Crippen molar-refractivity contribution in [2.24, 2.45) is 0 Å². The molecule has 0 radical (unpaired) electrons. The highest BCUT2D eigenvalue weighted by atomic mass is 32.2. The molecule has 1 spiro atoms. The molecule has 3 heterocycles. The third kappa shape index (κ3) is 3.53. The largest absolute Gasteiger partial charge is 0.309 e. The summed E-state index contributed by atoms with van der Waals surface area (Å²) in [5, 5.41) is 2.62. The average Bonchev–Trinajstić information content (AvgIpc) is 3.46. The van der Waals surface area contributed by atoms with Crippen LogP contribution in [-0.2, 0) is 11.8 Å². The molecule has 2 aliphatic rings. The Balaban J connectivity index is 1.23. The summed E-state index contributed by atoms with van der Waals surface area (Å²) >= 11 is 1.91. The molecular weight excluding hydrogens is 575 g/mol. The first kappa shape index (κ1) is 26.0. The third-order valence-electron chi connectivity index (χ3n) is 10.1. The van der Waals surface area contributed by atoms with E-state index < -0.39 is 5.41 Å². The molecule has 2 aliphatic heterocycles. The fraction of sp³-hybridized carbons (Fsp3) is 0.0455. The lowest BCUT2D eigenvalue weighted by molar-refractivity contribution is 0.688. The number of hydrogen-bond acceptors (Lipinski definition) is 1. The number of fused-ring (bicyclic) bond motifs is 11. The smallest absolute Gasteiger partial charge is 0.0764 e. The number of benzene rings is 7. The summed E-state index contributed by atoms with van der Waals surface area (Å²) < 4.78 is 2.52. The van der Waals surface area contributed by atoms with Crippen LogP contribution in [0.25, 0.3) is 38.6 Å². The lowest BCUT2D eigenvalue weighted by atomic mass is 9.62. The minimum atomic E-state index is -0.440. The third-order valence-corrected chi connectivity index (χ3v) is 11.2. The van der Waals surface area contributed by atoms with Crippen molar-refractivity contribution in [3.05, 3.63) is 197 Å². The minimum absolute atomic E-state index is 0.440. The molecule has 2 heteroatoms. The molecule has 0 saturated carbocycles. The van der Waals surface area contributed by atoms with E-state index in [1.807, 2.05) is 11.8 Å². The number of hydrogen-bond donors (Lipinski definition) is 0. The molecule has 0 saturated heterocycles. The summed E-state index contributed by atoms with van der Waals surface area (Å²) in [5.74, 6) is 0. The van der Waals surface area contributed by atoms with Gasteiger partial charge in [0.15, 0.2) is 0 Å². The Bertz CT molecular complexity index is 2470. The quantitative estimate of drug-likeness (QED) is 0.194. The van der Waals surface area contributed by atoms with Gasteiger partial charge in [-0.2, -0.15) is 0 Å². The zero-order valence-electron chi connectivity index (χ0n) is 25.2. The SMILES string of the molecule is c1ccc(-c2ccc(Cc3ccc4c(c3)C3(c5ccccc5S4)c4ccccc4-n4c5ccccc5c5cccc3c54)cc2)cc1. The van der Waals surface area contributed by atoms with Crippen LogP contribution >= 0.6 is 11.8 Å². The van der Waals surface area contributed by atoms with Crippen LogP contribution in [0.2, 0.25) is 0 Å². The van der Waals surface area contributed by atoms with Crippen LogP contribution in [0.15, 0.2) is 174 Å². The van der Waals surface area contributed by atoms with Crippen molar-refractivity contribution in [3.63, 3.8) is 0 Å². The van der Waals surface area contributed by atoms with Crippen LogP contribution < -0.4 is 0 Å². The van der Waals surface area contributed by atoms with Gasteiger partial charge in [0.1, 0.15) is 0 Å². The molecule has 0 fully saturated rings. The molecule has 7 aromatic carbocycles. The predicted octanol–water partition coefficient (Wildman–Crippen LogP) is 11.2. The first-order chi connectivity index (χ1) is 22.8. The molecule has 10 rings (SSSR count). The van der Waals surface area contributed by atoms with Crippen molar-refractivity contribution < 1.29 is 0 Å². The van der Waals surface area contributed by atoms with Crippen LogP contribution in [0.5, 0.6) is 0 Å². The maximum atomic E-state index is 2.52. The molecular formula is C44H29NS. The molecule has 0 bridgehead atoms. The highest BCUT2D eigenvalue weighted by Gasteiger charge is 2.49. The normalized spacial score (nSPS) is 15.9. The van der Waals surface area contributed by atoms with E-state index in [-0.39, 0.29) is 0 Å². The second-order valence-corrected chi connectivity index (χ2v) is 13.6. The molecule has 1 nitrogen and oxygen atoms in total. The predicted molar refractivity (Wildman–Crippen MR) is 191 cm³/mol. The highest BCUT2D eigenvalue weighted by Crippen LogP contribution is 2.60. The molecule has 0 aliphatic carbocycles. The first-order valence-electron chi connectivity index (χ1n) is 16.0. The Morgan fingerprint density at radius 2 is 1.11 bits per heavy atom. The van der Waals surface area contributed by atoms with E-state index >= 15 is 0 Å². The zero-order valence-corrected chi connectivity index (χ0v) is 26.0. The van der Waals surface area contributed by atoms with Gasteiger partial charge in [0.25, 0.3) is 0 Å². The van der Waals surface area contributed by atoms with Crippen molar-refractivity contribution in [3.8, 4) is 16.8 Å². The zero-order chi connectivity index (χ0) is 30.2. The van der Waals surface area contributed by atoms with Crippen molar-refractivity contribution >= 4 is 33.6 Å². The Morgan fingerprint density at radius 3 is 2.00 bits per heavy atom. The summed E-state index contributed by atoms with van der Waals surface area (Å²) in [6.07, 6.45) is 0.886. The number of para-hydroxylation sites is 3. The van der Waals surface area contributed by atoms with Gasteiger partial charge in [-0.25, -0.2) is 0 Å². The van der Waals surface area contributed by atoms with Gasteiger partial charge in [-0.1, -0.05) is 151 Å². The second-order valence-electron chi connectivity index (χ2n) is 12.5. The van der Waals surface area contributed by atoms with Gasteiger partial charge in [0.05, 0.1) is 22.1 Å². The van der Waals surface area contributed by atoms with E-state index in [4.69, 9.17) is 0 Å². The van der Waals surface area contributed by atoms with Crippen LogP contribution in [0, 0.1) is 0 Å². The number of rotatable bonds is 3. The minimum Gasteiger partial charge on any atom is -0.309 e. The van der Waals surface area contributed by atoms with Crippen LogP contribution in [0.4, 0.5) is 0 Å². The first-order valence-corrected chi connectivity index (χ1v) is 16.8. The number of nitrogens with zero attached hydrogens (tertiary/aromatic N) is 1. The molecule has 1 atom stereocenters. The molecule has 8 aromatic rings. The summed E-state index contributed by atoms with van der Waals surface area (Å²) in [4.78, 5) is 2.66. The van der Waals surface area contributed by atoms with E-state index in [2.05, 4.69) is 168 Å². The van der Waals surface area contributed by atoms with Gasteiger partial charge in [-0.05, 0) is 75.2 Å². The summed E-state index contributed by atoms with van der Waals surface area (Å²) in [6, 6.07) is 61.0. The molecule has 216 valence electrons. The van der Waals surface area contributed by atoms with Gasteiger partial charge >= 0.3 is 0 Å². The molecule has 46 heavy (non-hydrogen) atoms. The van der Waals surface area contributed by atoms with Gasteiger partial charge in [-0.15, -0.1) is 0 Å². The van der Waals surface area contributed by atoms with Gasteiger partial charge in [-0.3, -0.25) is 0 Å². The lowest BCUT2D eigenvalue weighted by Gasteiger charge is -2.45. The summed E-state index contributed by atoms with van der Waals surface area (Å²) in [5.41, 5.74) is 14.0. The molecule has 1 unspecified atom stereocenters. The maximum absolute atomic E-state index is 2.52. The van der Waals surface area contributed by atoms with E-state index in [1.165, 1.54) is 81.8 Å². The van der Waals surface area contributed by atoms with E-state index in [9.17, 15) is 0 Å². The van der Waals surface area contributed by atoms with Crippen molar-refractivity contribution in [2.75, 3.05) is 0 Å². The maximum Gasteiger partial charge on any atom is 0.0764 e. The van der Waals surface area contributed by atoms with Crippen molar-refractivity contribution in [2.45, 2.75) is 21.6 Å². The summed E-state index contributed by atoms with van der Waals surface area (Å²) in [6.45, 7) is 0. The fourth-order valence-corrected chi connectivity index (χ4v) is 9.33. The molecule has 0 N–H and O–H groups in total. The van der Waals surface area contributed by atoms with Gasteiger partial charge in [0.2, 0.25) is 0 Å². The van der Waals surface area contributed by atoms with Crippen molar-refractivity contribution in [1.82, 2.24) is 4.57 Å².